The fourth-order valence-electron chi connectivity index (χ4n) is 4.17. The SMILES string of the molecule is CCC(CC)C(C)N1C(=O)C2(CCCCC2)NC(=O)C1C. The summed E-state index contributed by atoms with van der Waals surface area (Å²) < 4.78 is 0. The third-order valence-electron chi connectivity index (χ3n) is 5.68. The Hall–Kier alpha value is -1.06. The molecule has 0 aromatic rings. The predicted molar refractivity (Wildman–Crippen MR) is 83.8 cm³/mol. The van der Waals surface area contributed by atoms with Crippen LogP contribution in [0.2, 0.25) is 0 Å². The Bertz CT molecular complexity index is 398. The maximum atomic E-state index is 13.1. The highest BCUT2D eigenvalue weighted by Crippen LogP contribution is 2.35. The molecule has 1 saturated carbocycles. The molecule has 0 radical (unpaired) electrons. The third-order valence-corrected chi connectivity index (χ3v) is 5.68. The van der Waals surface area contributed by atoms with Gasteiger partial charge in [0.2, 0.25) is 11.8 Å². The topological polar surface area (TPSA) is 49.4 Å². The van der Waals surface area contributed by atoms with Gasteiger partial charge in [0.05, 0.1) is 0 Å². The zero-order valence-electron chi connectivity index (χ0n) is 13.9. The molecule has 0 aromatic carbocycles. The van der Waals surface area contributed by atoms with Gasteiger partial charge in [-0.05, 0) is 32.6 Å². The molecule has 1 aliphatic heterocycles. The second-order valence-corrected chi connectivity index (χ2v) is 6.84. The Morgan fingerprint density at radius 1 is 1.19 bits per heavy atom. The van der Waals surface area contributed by atoms with Crippen molar-refractivity contribution < 1.29 is 9.59 Å². The van der Waals surface area contributed by atoms with Crippen molar-refractivity contribution in [2.75, 3.05) is 0 Å². The molecule has 0 bridgehead atoms. The zero-order valence-corrected chi connectivity index (χ0v) is 13.9. The first kappa shape index (κ1) is 16.3. The van der Waals surface area contributed by atoms with E-state index < -0.39 is 5.54 Å². The summed E-state index contributed by atoms with van der Waals surface area (Å²) in [6.07, 6.45) is 6.93. The molecule has 0 aromatic heterocycles. The van der Waals surface area contributed by atoms with E-state index in [1.165, 1.54) is 6.42 Å². The molecule has 2 amide bonds. The first-order valence-electron chi connectivity index (χ1n) is 8.61. The van der Waals surface area contributed by atoms with Crippen LogP contribution in [0.25, 0.3) is 0 Å². The average molecular weight is 294 g/mol. The molecule has 21 heavy (non-hydrogen) atoms. The van der Waals surface area contributed by atoms with Crippen LogP contribution in [0.1, 0.15) is 72.6 Å². The van der Waals surface area contributed by atoms with E-state index >= 15 is 0 Å². The van der Waals surface area contributed by atoms with Gasteiger partial charge in [-0.2, -0.15) is 0 Å². The van der Waals surface area contributed by atoms with Crippen LogP contribution in [0.15, 0.2) is 0 Å². The summed E-state index contributed by atoms with van der Waals surface area (Å²) in [7, 11) is 0. The lowest BCUT2D eigenvalue weighted by molar-refractivity contribution is -0.159. The molecule has 120 valence electrons. The first-order chi connectivity index (χ1) is 9.96. The van der Waals surface area contributed by atoms with Gasteiger partial charge in [-0.15, -0.1) is 0 Å². The molecule has 2 rings (SSSR count). The van der Waals surface area contributed by atoms with E-state index in [0.717, 1.165) is 38.5 Å². The summed E-state index contributed by atoms with van der Waals surface area (Å²) in [5.41, 5.74) is -0.609. The molecule has 1 aliphatic carbocycles. The molecule has 2 unspecified atom stereocenters. The van der Waals surface area contributed by atoms with Gasteiger partial charge in [0.25, 0.3) is 0 Å². The Balaban J connectivity index is 2.29. The molecule has 1 N–H and O–H groups in total. The van der Waals surface area contributed by atoms with E-state index in [9.17, 15) is 9.59 Å². The van der Waals surface area contributed by atoms with Crippen molar-refractivity contribution in [1.29, 1.82) is 0 Å². The van der Waals surface area contributed by atoms with Gasteiger partial charge in [-0.1, -0.05) is 46.0 Å². The average Bonchev–Trinajstić information content (AvgIpc) is 2.48. The molecule has 1 spiro atoms. The Morgan fingerprint density at radius 2 is 1.76 bits per heavy atom. The number of nitrogens with one attached hydrogen (secondary N) is 1. The van der Waals surface area contributed by atoms with Crippen molar-refractivity contribution in [1.82, 2.24) is 10.2 Å². The van der Waals surface area contributed by atoms with Crippen molar-refractivity contribution >= 4 is 11.8 Å². The van der Waals surface area contributed by atoms with Crippen LogP contribution >= 0.6 is 0 Å². The minimum absolute atomic E-state index is 0.0225. The van der Waals surface area contributed by atoms with Gasteiger partial charge in [0, 0.05) is 6.04 Å². The van der Waals surface area contributed by atoms with Gasteiger partial charge >= 0.3 is 0 Å². The standard InChI is InChI=1S/C17H30N2O2/c1-5-14(6-2)12(3)19-13(4)15(20)18-17(16(19)21)10-8-7-9-11-17/h12-14H,5-11H2,1-4H3,(H,18,20). The number of nitrogens with zero attached hydrogens (tertiary/aromatic N) is 1. The van der Waals surface area contributed by atoms with Gasteiger partial charge < -0.3 is 10.2 Å². The maximum absolute atomic E-state index is 13.1. The fourth-order valence-corrected chi connectivity index (χ4v) is 4.17. The predicted octanol–water partition coefficient (Wildman–Crippen LogP) is 2.86. The van der Waals surface area contributed by atoms with Gasteiger partial charge in [0.1, 0.15) is 11.6 Å². The van der Waals surface area contributed by atoms with E-state index in [2.05, 4.69) is 26.1 Å². The van der Waals surface area contributed by atoms with Crippen molar-refractivity contribution in [2.45, 2.75) is 90.3 Å². The minimum Gasteiger partial charge on any atom is -0.340 e. The number of hydrogen-bond acceptors (Lipinski definition) is 2. The van der Waals surface area contributed by atoms with Gasteiger partial charge in [-0.3, -0.25) is 9.59 Å². The third kappa shape index (κ3) is 2.82. The largest absolute Gasteiger partial charge is 0.340 e. The van der Waals surface area contributed by atoms with Crippen molar-refractivity contribution in [2.24, 2.45) is 5.92 Å². The van der Waals surface area contributed by atoms with Crippen LogP contribution in [-0.2, 0) is 9.59 Å². The fraction of sp³-hybridized carbons (Fsp3) is 0.882. The molecule has 4 heteroatoms. The minimum atomic E-state index is -0.609. The normalized spacial score (nSPS) is 27.1. The maximum Gasteiger partial charge on any atom is 0.249 e. The Labute approximate surface area is 128 Å². The highest BCUT2D eigenvalue weighted by Gasteiger charge is 2.51. The lowest BCUT2D eigenvalue weighted by atomic mass is 9.77. The smallest absolute Gasteiger partial charge is 0.249 e. The van der Waals surface area contributed by atoms with E-state index in [1.54, 1.807) is 0 Å². The molecule has 1 saturated heterocycles. The molecule has 2 aliphatic rings. The number of carbonyl (C=O) groups excluding carboxylic acids is 2. The summed E-state index contributed by atoms with van der Waals surface area (Å²) in [5, 5.41) is 3.06. The Morgan fingerprint density at radius 3 is 2.29 bits per heavy atom. The summed E-state index contributed by atoms with van der Waals surface area (Å²) in [6.45, 7) is 8.31. The van der Waals surface area contributed by atoms with Crippen LogP contribution in [0, 0.1) is 5.92 Å². The summed E-state index contributed by atoms with van der Waals surface area (Å²) in [5.74, 6) is 0.644. The van der Waals surface area contributed by atoms with Gasteiger partial charge in [0.15, 0.2) is 0 Å². The number of piperazine rings is 1. The summed E-state index contributed by atoms with van der Waals surface area (Å²) in [6, 6.07) is -0.215. The molecule has 4 nitrogen and oxygen atoms in total. The second-order valence-electron chi connectivity index (χ2n) is 6.84. The van der Waals surface area contributed by atoms with Crippen LogP contribution < -0.4 is 5.32 Å². The van der Waals surface area contributed by atoms with Gasteiger partial charge in [-0.25, -0.2) is 0 Å². The molecular formula is C17H30N2O2. The quantitative estimate of drug-likeness (QED) is 0.866. The summed E-state index contributed by atoms with van der Waals surface area (Å²) >= 11 is 0. The number of hydrogen-bond donors (Lipinski definition) is 1. The van der Waals surface area contributed by atoms with Crippen molar-refractivity contribution in [3.05, 3.63) is 0 Å². The monoisotopic (exact) mass is 294 g/mol. The molecule has 1 heterocycles. The summed E-state index contributed by atoms with van der Waals surface area (Å²) in [4.78, 5) is 27.5. The van der Waals surface area contributed by atoms with E-state index in [4.69, 9.17) is 0 Å². The van der Waals surface area contributed by atoms with Crippen LogP contribution in [0.5, 0.6) is 0 Å². The lowest BCUT2D eigenvalue weighted by Crippen LogP contribution is -2.72. The highest BCUT2D eigenvalue weighted by molar-refractivity contribution is 5.99. The van der Waals surface area contributed by atoms with Crippen LogP contribution in [0.3, 0.4) is 0 Å². The van der Waals surface area contributed by atoms with Crippen molar-refractivity contribution in [3.8, 4) is 0 Å². The van der Waals surface area contributed by atoms with Crippen LogP contribution in [-0.4, -0.2) is 34.3 Å². The molecule has 2 atom stereocenters. The van der Waals surface area contributed by atoms with E-state index in [1.807, 2.05) is 11.8 Å². The highest BCUT2D eigenvalue weighted by atomic mass is 16.2. The number of amides is 2. The Kier molecular flexibility index (Phi) is 4.95. The number of rotatable bonds is 4. The van der Waals surface area contributed by atoms with Crippen LogP contribution in [0.4, 0.5) is 0 Å². The zero-order chi connectivity index (χ0) is 15.6. The van der Waals surface area contributed by atoms with E-state index in [0.29, 0.717) is 5.92 Å². The second kappa shape index (κ2) is 6.37. The number of carbonyl (C=O) groups is 2. The first-order valence-corrected chi connectivity index (χ1v) is 8.61. The molecule has 2 fully saturated rings. The van der Waals surface area contributed by atoms with E-state index in [-0.39, 0.29) is 23.9 Å². The molecular weight excluding hydrogens is 264 g/mol. The lowest BCUT2D eigenvalue weighted by Gasteiger charge is -2.50. The van der Waals surface area contributed by atoms with Crippen molar-refractivity contribution in [3.63, 3.8) is 0 Å².